The monoisotopic (exact) mass is 296 g/mol. The molecule has 0 amide bonds. The normalized spacial score (nSPS) is 25.9. The Kier molecular flexibility index (Phi) is 3.61. The van der Waals surface area contributed by atoms with Gasteiger partial charge in [-0.3, -0.25) is 4.79 Å². The van der Waals surface area contributed by atoms with Gasteiger partial charge in [0.05, 0.1) is 30.3 Å². The van der Waals surface area contributed by atoms with Crippen LogP contribution in [0.2, 0.25) is 5.02 Å². The second kappa shape index (κ2) is 5.26. The van der Waals surface area contributed by atoms with E-state index in [1.165, 1.54) is 7.11 Å². The van der Waals surface area contributed by atoms with Crippen LogP contribution in [0.1, 0.15) is 30.9 Å². The van der Waals surface area contributed by atoms with Gasteiger partial charge in [0.15, 0.2) is 0 Å². The van der Waals surface area contributed by atoms with Gasteiger partial charge >= 0.3 is 5.97 Å². The molecular formula is C15H17ClO4. The zero-order chi connectivity index (χ0) is 14.3. The van der Waals surface area contributed by atoms with E-state index in [2.05, 4.69) is 4.74 Å². The largest absolute Gasteiger partial charge is 0.489 e. The minimum atomic E-state index is -0.688. The first-order valence-electron chi connectivity index (χ1n) is 6.82. The average molecular weight is 297 g/mol. The molecule has 3 rings (SSSR count). The quantitative estimate of drug-likeness (QED) is 0.849. The number of rotatable bonds is 5. The predicted molar refractivity (Wildman–Crippen MR) is 73.7 cm³/mol. The van der Waals surface area contributed by atoms with Gasteiger partial charge in [0.1, 0.15) is 5.75 Å². The first kappa shape index (κ1) is 13.7. The molecule has 2 saturated carbocycles. The lowest BCUT2D eigenvalue weighted by Gasteiger charge is -2.13. The van der Waals surface area contributed by atoms with Crippen LogP contribution in [0.15, 0.2) is 18.2 Å². The minimum Gasteiger partial charge on any atom is -0.489 e. The predicted octanol–water partition coefficient (Wildman–Crippen LogP) is 2.72. The molecule has 0 bridgehead atoms. The fourth-order valence-corrected chi connectivity index (χ4v) is 2.63. The van der Waals surface area contributed by atoms with E-state index < -0.39 is 6.10 Å². The highest BCUT2D eigenvalue weighted by atomic mass is 35.5. The molecule has 20 heavy (non-hydrogen) atoms. The SMILES string of the molecule is COC(=O)C1CC1C(O)c1ccc(OC2CC2)c(Cl)c1. The van der Waals surface area contributed by atoms with Crippen molar-refractivity contribution in [2.45, 2.75) is 31.5 Å². The third-order valence-electron chi connectivity index (χ3n) is 3.86. The van der Waals surface area contributed by atoms with Crippen LogP contribution in [0, 0.1) is 11.8 Å². The Labute approximate surface area is 122 Å². The Hall–Kier alpha value is -1.26. The lowest BCUT2D eigenvalue weighted by molar-refractivity contribution is -0.142. The molecule has 2 aliphatic rings. The fourth-order valence-electron chi connectivity index (χ4n) is 2.40. The summed E-state index contributed by atoms with van der Waals surface area (Å²) in [5.74, 6) is 0.129. The van der Waals surface area contributed by atoms with Gasteiger partial charge in [-0.05, 0) is 37.0 Å². The van der Waals surface area contributed by atoms with Crippen LogP contribution in [0.4, 0.5) is 0 Å². The van der Waals surface area contributed by atoms with Crippen molar-refractivity contribution < 1.29 is 19.4 Å². The van der Waals surface area contributed by atoms with Crippen LogP contribution in [0.5, 0.6) is 5.75 Å². The summed E-state index contributed by atoms with van der Waals surface area (Å²) in [6, 6.07) is 5.31. The highest BCUT2D eigenvalue weighted by molar-refractivity contribution is 6.32. The number of hydrogen-bond acceptors (Lipinski definition) is 4. The smallest absolute Gasteiger partial charge is 0.309 e. The van der Waals surface area contributed by atoms with Crippen LogP contribution in [-0.2, 0) is 9.53 Å². The number of hydrogen-bond donors (Lipinski definition) is 1. The van der Waals surface area contributed by atoms with Gasteiger partial charge in [-0.2, -0.15) is 0 Å². The Bertz CT molecular complexity index is 527. The summed E-state index contributed by atoms with van der Waals surface area (Å²) in [6.07, 6.45) is 2.40. The molecule has 0 spiro atoms. The average Bonchev–Trinajstić information content (AvgIpc) is 3.33. The van der Waals surface area contributed by atoms with E-state index in [0.717, 1.165) is 18.4 Å². The standard InChI is InChI=1S/C15H17ClO4/c1-19-15(18)11-7-10(11)14(17)8-2-5-13(12(16)6-8)20-9-3-4-9/h2,5-6,9-11,14,17H,3-4,7H2,1H3. The number of aliphatic hydroxyl groups is 1. The Balaban J connectivity index is 1.67. The molecule has 108 valence electrons. The molecule has 0 saturated heterocycles. The summed E-state index contributed by atoms with van der Waals surface area (Å²) < 4.78 is 10.3. The molecule has 2 aliphatic carbocycles. The molecule has 0 aromatic heterocycles. The molecule has 1 aromatic carbocycles. The summed E-state index contributed by atoms with van der Waals surface area (Å²) in [7, 11) is 1.37. The number of halogens is 1. The van der Waals surface area contributed by atoms with Crippen molar-refractivity contribution in [1.82, 2.24) is 0 Å². The van der Waals surface area contributed by atoms with Crippen molar-refractivity contribution in [2.75, 3.05) is 7.11 Å². The van der Waals surface area contributed by atoms with Crippen molar-refractivity contribution >= 4 is 17.6 Å². The van der Waals surface area contributed by atoms with Crippen molar-refractivity contribution in [1.29, 1.82) is 0 Å². The summed E-state index contributed by atoms with van der Waals surface area (Å²) in [5, 5.41) is 10.8. The zero-order valence-electron chi connectivity index (χ0n) is 11.2. The topological polar surface area (TPSA) is 55.8 Å². The van der Waals surface area contributed by atoms with Crippen LogP contribution in [0.3, 0.4) is 0 Å². The number of esters is 1. The second-order valence-electron chi connectivity index (χ2n) is 5.48. The number of aliphatic hydroxyl groups excluding tert-OH is 1. The molecule has 5 heteroatoms. The number of methoxy groups -OCH3 is 1. The van der Waals surface area contributed by atoms with E-state index in [0.29, 0.717) is 17.2 Å². The molecule has 3 atom stereocenters. The third-order valence-corrected chi connectivity index (χ3v) is 4.16. The van der Waals surface area contributed by atoms with Crippen molar-refractivity contribution in [2.24, 2.45) is 11.8 Å². The van der Waals surface area contributed by atoms with Crippen LogP contribution < -0.4 is 4.74 Å². The summed E-state index contributed by atoms with van der Waals surface area (Å²) in [6.45, 7) is 0. The van der Waals surface area contributed by atoms with E-state index in [9.17, 15) is 9.90 Å². The van der Waals surface area contributed by atoms with E-state index in [1.807, 2.05) is 0 Å². The fraction of sp³-hybridized carbons (Fsp3) is 0.533. The molecule has 0 aliphatic heterocycles. The van der Waals surface area contributed by atoms with Crippen LogP contribution >= 0.6 is 11.6 Å². The van der Waals surface area contributed by atoms with E-state index >= 15 is 0 Å². The first-order valence-corrected chi connectivity index (χ1v) is 7.20. The molecule has 1 aromatic rings. The van der Waals surface area contributed by atoms with E-state index in [4.69, 9.17) is 16.3 Å². The number of carbonyl (C=O) groups is 1. The molecular weight excluding hydrogens is 280 g/mol. The Morgan fingerprint density at radius 2 is 2.20 bits per heavy atom. The summed E-state index contributed by atoms with van der Waals surface area (Å²) >= 11 is 6.17. The van der Waals surface area contributed by atoms with Gasteiger partial charge in [0.25, 0.3) is 0 Å². The van der Waals surface area contributed by atoms with E-state index in [-0.39, 0.29) is 23.9 Å². The number of carbonyl (C=O) groups excluding carboxylic acids is 1. The maximum Gasteiger partial charge on any atom is 0.309 e. The highest BCUT2D eigenvalue weighted by Crippen LogP contribution is 2.48. The minimum absolute atomic E-state index is 0.0753. The zero-order valence-corrected chi connectivity index (χ0v) is 12.0. The third kappa shape index (κ3) is 2.76. The Morgan fingerprint density at radius 3 is 2.80 bits per heavy atom. The van der Waals surface area contributed by atoms with Gasteiger partial charge < -0.3 is 14.6 Å². The van der Waals surface area contributed by atoms with Gasteiger partial charge in [0.2, 0.25) is 0 Å². The van der Waals surface area contributed by atoms with Crippen molar-refractivity contribution in [3.05, 3.63) is 28.8 Å². The van der Waals surface area contributed by atoms with Gasteiger partial charge in [-0.15, -0.1) is 0 Å². The molecule has 4 nitrogen and oxygen atoms in total. The number of ether oxygens (including phenoxy) is 2. The molecule has 3 unspecified atom stereocenters. The lowest BCUT2D eigenvalue weighted by Crippen LogP contribution is -2.09. The van der Waals surface area contributed by atoms with Crippen molar-refractivity contribution in [3.63, 3.8) is 0 Å². The van der Waals surface area contributed by atoms with Crippen LogP contribution in [-0.4, -0.2) is 24.3 Å². The van der Waals surface area contributed by atoms with Gasteiger partial charge in [-0.25, -0.2) is 0 Å². The number of benzene rings is 1. The summed E-state index contributed by atoms with van der Waals surface area (Å²) in [5.41, 5.74) is 0.717. The molecule has 0 radical (unpaired) electrons. The summed E-state index contributed by atoms with van der Waals surface area (Å²) in [4.78, 5) is 11.4. The molecule has 1 N–H and O–H groups in total. The van der Waals surface area contributed by atoms with Crippen molar-refractivity contribution in [3.8, 4) is 5.75 Å². The van der Waals surface area contributed by atoms with Gasteiger partial charge in [-0.1, -0.05) is 17.7 Å². The van der Waals surface area contributed by atoms with E-state index in [1.54, 1.807) is 18.2 Å². The maximum atomic E-state index is 11.4. The maximum absolute atomic E-state index is 11.4. The van der Waals surface area contributed by atoms with Gasteiger partial charge in [0, 0.05) is 5.92 Å². The second-order valence-corrected chi connectivity index (χ2v) is 5.89. The first-order chi connectivity index (χ1) is 9.60. The Morgan fingerprint density at radius 1 is 1.45 bits per heavy atom. The molecule has 0 heterocycles. The lowest BCUT2D eigenvalue weighted by atomic mass is 10.0. The molecule has 2 fully saturated rings. The highest BCUT2D eigenvalue weighted by Gasteiger charge is 2.48. The van der Waals surface area contributed by atoms with Crippen LogP contribution in [0.25, 0.3) is 0 Å².